The zero-order chi connectivity index (χ0) is 34.2. The Balaban J connectivity index is 1.33. The van der Waals surface area contributed by atoms with Crippen LogP contribution in [0.2, 0.25) is 0 Å². The summed E-state index contributed by atoms with van der Waals surface area (Å²) in [6.07, 6.45) is 2.07. The van der Waals surface area contributed by atoms with E-state index >= 15 is 4.39 Å². The Kier molecular flexibility index (Phi) is 11.3. The second-order valence-corrected chi connectivity index (χ2v) is 12.4. The first-order valence-electron chi connectivity index (χ1n) is 16.5. The van der Waals surface area contributed by atoms with Gasteiger partial charge in [0.1, 0.15) is 17.6 Å². The van der Waals surface area contributed by atoms with Crippen LogP contribution in [0.5, 0.6) is 0 Å². The van der Waals surface area contributed by atoms with E-state index in [1.54, 1.807) is 34.8 Å². The normalized spacial score (nSPS) is 14.8. The molecule has 1 aliphatic rings. The molecule has 0 unspecified atom stereocenters. The van der Waals surface area contributed by atoms with Gasteiger partial charge in [-0.3, -0.25) is 23.9 Å². The van der Waals surface area contributed by atoms with Crippen molar-refractivity contribution in [2.24, 2.45) is 5.92 Å². The third-order valence-corrected chi connectivity index (χ3v) is 8.90. The first kappa shape index (κ1) is 34.4. The van der Waals surface area contributed by atoms with Crippen LogP contribution in [-0.4, -0.2) is 82.4 Å². The average Bonchev–Trinajstić information content (AvgIpc) is 3.58. The summed E-state index contributed by atoms with van der Waals surface area (Å²) in [6.45, 7) is 6.68. The lowest BCUT2D eigenvalue weighted by Crippen LogP contribution is -2.54. The number of hydrogen-bond acceptors (Lipinski definition) is 6. The van der Waals surface area contributed by atoms with Gasteiger partial charge in [0.25, 0.3) is 0 Å². The van der Waals surface area contributed by atoms with Crippen LogP contribution in [0.25, 0.3) is 10.8 Å². The monoisotopic (exact) mass is 654 g/mol. The summed E-state index contributed by atoms with van der Waals surface area (Å²) in [6, 6.07) is 19.0. The first-order valence-corrected chi connectivity index (χ1v) is 16.5. The first-order chi connectivity index (χ1) is 23.1. The number of Topliss-reactive ketones (excluding diaryl/α,β-unsaturated/α-hetero) is 1. The molecule has 1 aromatic heterocycles. The maximum Gasteiger partial charge on any atom is 0.245 e. The standard InChI is InChI=1S/C37H43FN6O4/c1-4-35(46)40-32(37(48)43-18-16-42(3)17-19-43)23-26-11-13-31(30(38)22-26)41-36(47)29(24-34(45)33-14-15-39-44(33)5-2)21-25-10-12-27-8-6-7-9-28(27)20-25/h6-15,20,22,29,32H,4-5,16-19,21,23-24H2,1-3H3,(H,40,46)(H,41,47)/t29-,32-/m1/s1. The highest BCUT2D eigenvalue weighted by Gasteiger charge is 2.29. The fourth-order valence-electron chi connectivity index (χ4n) is 6.06. The number of nitrogens with one attached hydrogen (secondary N) is 2. The summed E-state index contributed by atoms with van der Waals surface area (Å²) in [7, 11) is 1.99. The van der Waals surface area contributed by atoms with Crippen molar-refractivity contribution < 1.29 is 23.6 Å². The number of aryl methyl sites for hydroxylation is 1. The molecule has 2 heterocycles. The molecule has 1 aliphatic heterocycles. The van der Waals surface area contributed by atoms with Crippen LogP contribution in [-0.2, 0) is 33.8 Å². The molecule has 5 rings (SSSR count). The molecule has 0 saturated carbocycles. The number of anilines is 1. The zero-order valence-electron chi connectivity index (χ0n) is 27.7. The second kappa shape index (κ2) is 15.8. The Labute approximate surface area is 280 Å². The number of carbonyl (C=O) groups is 4. The van der Waals surface area contributed by atoms with Gasteiger partial charge in [0.05, 0.1) is 5.69 Å². The summed E-state index contributed by atoms with van der Waals surface area (Å²) in [5.41, 5.74) is 1.77. The molecule has 3 amide bonds. The van der Waals surface area contributed by atoms with Crippen LogP contribution in [0.15, 0.2) is 72.9 Å². The largest absolute Gasteiger partial charge is 0.344 e. The molecular formula is C37H43FN6O4. The van der Waals surface area contributed by atoms with Gasteiger partial charge in [-0.2, -0.15) is 5.10 Å². The molecule has 0 radical (unpaired) electrons. The maximum absolute atomic E-state index is 15.6. The lowest BCUT2D eigenvalue weighted by atomic mass is 9.91. The SMILES string of the molecule is CCC(=O)N[C@H](Cc1ccc(NC(=O)[C@@H](CC(=O)c2ccnn2CC)Cc2ccc3ccccc3c2)c(F)c1)C(=O)N1CCN(C)CC1. The highest BCUT2D eigenvalue weighted by Crippen LogP contribution is 2.24. The predicted molar refractivity (Wildman–Crippen MR) is 183 cm³/mol. The van der Waals surface area contributed by atoms with Gasteiger partial charge < -0.3 is 20.4 Å². The van der Waals surface area contributed by atoms with Crippen molar-refractivity contribution in [1.29, 1.82) is 0 Å². The van der Waals surface area contributed by atoms with Crippen molar-refractivity contribution >= 4 is 40.0 Å². The van der Waals surface area contributed by atoms with Crippen molar-refractivity contribution in [2.45, 2.75) is 52.1 Å². The third-order valence-electron chi connectivity index (χ3n) is 8.90. The van der Waals surface area contributed by atoms with E-state index < -0.39 is 23.7 Å². The van der Waals surface area contributed by atoms with Crippen LogP contribution in [0.4, 0.5) is 10.1 Å². The summed E-state index contributed by atoms with van der Waals surface area (Å²) < 4.78 is 17.1. The Hall–Kier alpha value is -4.90. The molecule has 48 heavy (non-hydrogen) atoms. The fraction of sp³-hybridized carbons (Fsp3) is 0.378. The number of carbonyl (C=O) groups excluding carboxylic acids is 4. The van der Waals surface area contributed by atoms with Crippen LogP contribution >= 0.6 is 0 Å². The summed E-state index contributed by atoms with van der Waals surface area (Å²) >= 11 is 0. The molecular weight excluding hydrogens is 611 g/mol. The Bertz CT molecular complexity index is 1780. The van der Waals surface area contributed by atoms with Gasteiger partial charge >= 0.3 is 0 Å². The summed E-state index contributed by atoms with van der Waals surface area (Å²) in [5, 5.41) is 11.8. The van der Waals surface area contributed by atoms with Gasteiger partial charge in [0.15, 0.2) is 5.78 Å². The van der Waals surface area contributed by atoms with Crippen LogP contribution in [0.1, 0.15) is 48.3 Å². The number of piperazine rings is 1. The molecule has 252 valence electrons. The van der Waals surface area contributed by atoms with E-state index in [9.17, 15) is 19.2 Å². The van der Waals surface area contributed by atoms with E-state index in [0.29, 0.717) is 30.9 Å². The van der Waals surface area contributed by atoms with Crippen molar-refractivity contribution in [3.8, 4) is 0 Å². The van der Waals surface area contributed by atoms with E-state index in [1.807, 2.05) is 56.4 Å². The molecule has 0 spiro atoms. The van der Waals surface area contributed by atoms with Crippen LogP contribution < -0.4 is 10.6 Å². The third kappa shape index (κ3) is 8.51. The Morgan fingerprint density at radius 2 is 1.58 bits per heavy atom. The minimum atomic E-state index is -0.838. The van der Waals surface area contributed by atoms with Gasteiger partial charge in [-0.1, -0.05) is 55.5 Å². The molecule has 1 fully saturated rings. The maximum atomic E-state index is 15.6. The lowest BCUT2D eigenvalue weighted by Gasteiger charge is -2.34. The quantitative estimate of drug-likeness (QED) is 0.206. The van der Waals surface area contributed by atoms with Crippen LogP contribution in [0, 0.1) is 11.7 Å². The molecule has 1 saturated heterocycles. The van der Waals surface area contributed by atoms with Crippen molar-refractivity contribution in [1.82, 2.24) is 24.9 Å². The summed E-state index contributed by atoms with van der Waals surface area (Å²) in [5.74, 6) is -2.63. The smallest absolute Gasteiger partial charge is 0.245 e. The highest BCUT2D eigenvalue weighted by atomic mass is 19.1. The highest BCUT2D eigenvalue weighted by molar-refractivity contribution is 6.00. The van der Waals surface area contributed by atoms with E-state index in [1.165, 1.54) is 12.1 Å². The predicted octanol–water partition coefficient (Wildman–Crippen LogP) is 4.48. The van der Waals surface area contributed by atoms with Gasteiger partial charge in [0.2, 0.25) is 17.7 Å². The number of nitrogens with zero attached hydrogens (tertiary/aromatic N) is 4. The number of fused-ring (bicyclic) bond motifs is 1. The number of likely N-dealkylation sites (N-methyl/N-ethyl adjacent to an activating group) is 1. The molecule has 4 aromatic rings. The number of halogens is 1. The topological polar surface area (TPSA) is 117 Å². The lowest BCUT2D eigenvalue weighted by molar-refractivity contribution is -0.137. The van der Waals surface area contributed by atoms with E-state index in [-0.39, 0.29) is 49.0 Å². The van der Waals surface area contributed by atoms with Crippen molar-refractivity contribution in [2.75, 3.05) is 38.5 Å². The molecule has 2 N–H and O–H groups in total. The molecule has 11 heteroatoms. The number of hydrogen-bond donors (Lipinski definition) is 2. The number of benzene rings is 3. The van der Waals surface area contributed by atoms with Crippen LogP contribution in [0.3, 0.4) is 0 Å². The molecule has 3 aromatic carbocycles. The van der Waals surface area contributed by atoms with Crippen molar-refractivity contribution in [3.05, 3.63) is 95.6 Å². The molecule has 0 aliphatic carbocycles. The molecule has 0 bridgehead atoms. The Morgan fingerprint density at radius 1 is 0.875 bits per heavy atom. The zero-order valence-corrected chi connectivity index (χ0v) is 27.7. The number of amides is 3. The van der Waals surface area contributed by atoms with Crippen molar-refractivity contribution in [3.63, 3.8) is 0 Å². The second-order valence-electron chi connectivity index (χ2n) is 12.4. The van der Waals surface area contributed by atoms with Gasteiger partial charge in [-0.05, 0) is 60.5 Å². The number of aromatic nitrogens is 2. The molecule has 10 nitrogen and oxygen atoms in total. The minimum absolute atomic E-state index is 0.0298. The van der Waals surface area contributed by atoms with E-state index in [2.05, 4.69) is 20.6 Å². The summed E-state index contributed by atoms with van der Waals surface area (Å²) in [4.78, 5) is 56.7. The number of ketones is 1. The Morgan fingerprint density at radius 3 is 2.29 bits per heavy atom. The van der Waals surface area contributed by atoms with Gasteiger partial charge in [-0.15, -0.1) is 0 Å². The molecule has 2 atom stereocenters. The van der Waals surface area contributed by atoms with E-state index in [0.717, 1.165) is 29.4 Å². The minimum Gasteiger partial charge on any atom is -0.344 e. The number of rotatable bonds is 13. The average molecular weight is 655 g/mol. The fourth-order valence-corrected chi connectivity index (χ4v) is 6.06. The van der Waals surface area contributed by atoms with Gasteiger partial charge in [-0.25, -0.2) is 4.39 Å². The van der Waals surface area contributed by atoms with Gasteiger partial charge in [0, 0.05) is 64.1 Å². The van der Waals surface area contributed by atoms with E-state index in [4.69, 9.17) is 0 Å².